The van der Waals surface area contributed by atoms with Crippen LogP contribution in [-0.2, 0) is 9.53 Å². The monoisotopic (exact) mass is 415 g/mol. The van der Waals surface area contributed by atoms with Crippen molar-refractivity contribution in [2.45, 2.75) is 33.1 Å². The number of anilines is 2. The summed E-state index contributed by atoms with van der Waals surface area (Å²) in [7, 11) is 0. The number of ketones is 1. The van der Waals surface area contributed by atoms with Crippen LogP contribution in [-0.4, -0.2) is 42.3 Å². The number of nitrogens with one attached hydrogen (secondary N) is 1. The Morgan fingerprint density at radius 3 is 2.90 bits per heavy atom. The van der Waals surface area contributed by atoms with Crippen molar-refractivity contribution in [2.24, 2.45) is 5.92 Å². The lowest BCUT2D eigenvalue weighted by atomic mass is 10.1. The van der Waals surface area contributed by atoms with Crippen LogP contribution in [0.5, 0.6) is 0 Å². The number of hydrogen-bond acceptors (Lipinski definition) is 7. The molecule has 0 spiro atoms. The first kappa shape index (κ1) is 21.0. The van der Waals surface area contributed by atoms with E-state index in [1.807, 2.05) is 0 Å². The highest BCUT2D eigenvalue weighted by molar-refractivity contribution is 7.13. The van der Waals surface area contributed by atoms with E-state index in [0.29, 0.717) is 35.3 Å². The number of carbonyl (C=O) groups is 3. The second-order valence-corrected chi connectivity index (χ2v) is 8.20. The molecule has 1 N–H and O–H groups in total. The van der Waals surface area contributed by atoms with Crippen LogP contribution >= 0.6 is 11.3 Å². The number of benzene rings is 1. The molecule has 1 fully saturated rings. The van der Waals surface area contributed by atoms with E-state index in [0.717, 1.165) is 19.4 Å². The van der Waals surface area contributed by atoms with E-state index >= 15 is 0 Å². The Bertz CT molecular complexity index is 894. The fraction of sp³-hybridized carbons (Fsp3) is 0.429. The molecule has 29 heavy (non-hydrogen) atoms. The fourth-order valence-electron chi connectivity index (χ4n) is 2.97. The summed E-state index contributed by atoms with van der Waals surface area (Å²) < 4.78 is 5.13. The van der Waals surface area contributed by atoms with Crippen LogP contribution in [0.25, 0.3) is 0 Å². The van der Waals surface area contributed by atoms with Crippen molar-refractivity contribution in [1.29, 1.82) is 0 Å². The van der Waals surface area contributed by atoms with Gasteiger partial charge in [-0.15, -0.1) is 11.3 Å². The molecule has 1 aromatic heterocycles. The Labute approximate surface area is 174 Å². The first-order valence-corrected chi connectivity index (χ1v) is 10.6. The first-order chi connectivity index (χ1) is 13.9. The largest absolute Gasteiger partial charge is 0.453 e. The van der Waals surface area contributed by atoms with Crippen LogP contribution in [0.4, 0.5) is 10.8 Å². The van der Waals surface area contributed by atoms with Gasteiger partial charge in [0.2, 0.25) is 5.91 Å². The lowest BCUT2D eigenvalue weighted by Gasteiger charge is -2.16. The third-order valence-corrected chi connectivity index (χ3v) is 5.40. The quantitative estimate of drug-likeness (QED) is 0.495. The number of amides is 1. The zero-order valence-electron chi connectivity index (χ0n) is 16.6. The second kappa shape index (κ2) is 9.65. The summed E-state index contributed by atoms with van der Waals surface area (Å²) in [4.78, 5) is 42.4. The van der Waals surface area contributed by atoms with Crippen LogP contribution in [0, 0.1) is 5.92 Å². The zero-order valence-corrected chi connectivity index (χ0v) is 17.5. The summed E-state index contributed by atoms with van der Waals surface area (Å²) in [6, 6.07) is 6.85. The third-order valence-electron chi connectivity index (χ3n) is 4.60. The minimum Gasteiger partial charge on any atom is -0.453 e. The van der Waals surface area contributed by atoms with E-state index < -0.39 is 5.97 Å². The van der Waals surface area contributed by atoms with Crippen LogP contribution in [0.2, 0.25) is 0 Å². The van der Waals surface area contributed by atoms with Crippen molar-refractivity contribution in [2.75, 3.05) is 29.9 Å². The Kier molecular flexibility index (Phi) is 6.98. The lowest BCUT2D eigenvalue weighted by molar-refractivity contribution is -0.117. The number of carbonyl (C=O) groups excluding carboxylic acids is 3. The molecule has 0 bridgehead atoms. The van der Waals surface area contributed by atoms with E-state index in [4.69, 9.17) is 4.74 Å². The Hall–Kier alpha value is -2.74. The molecular weight excluding hydrogens is 390 g/mol. The summed E-state index contributed by atoms with van der Waals surface area (Å²) in [5.41, 5.74) is 1.29. The number of hydrogen-bond donors (Lipinski definition) is 1. The van der Waals surface area contributed by atoms with Gasteiger partial charge in [0.15, 0.2) is 23.2 Å². The second-order valence-electron chi connectivity index (χ2n) is 7.35. The van der Waals surface area contributed by atoms with Gasteiger partial charge in [-0.05, 0) is 30.9 Å². The van der Waals surface area contributed by atoms with Gasteiger partial charge in [-0.1, -0.05) is 26.0 Å². The minimum absolute atomic E-state index is 0.0577. The summed E-state index contributed by atoms with van der Waals surface area (Å²) in [5, 5.41) is 5.45. The van der Waals surface area contributed by atoms with E-state index in [9.17, 15) is 14.4 Å². The molecule has 0 aliphatic carbocycles. The molecular formula is C21H25N3O4S. The van der Waals surface area contributed by atoms with Gasteiger partial charge in [-0.25, -0.2) is 9.78 Å². The van der Waals surface area contributed by atoms with Crippen molar-refractivity contribution in [1.82, 2.24) is 4.98 Å². The van der Waals surface area contributed by atoms with Crippen LogP contribution in [0.1, 0.15) is 54.0 Å². The van der Waals surface area contributed by atoms with Gasteiger partial charge in [-0.2, -0.15) is 0 Å². The van der Waals surface area contributed by atoms with Crippen LogP contribution < -0.4 is 10.2 Å². The molecule has 1 aliphatic heterocycles. The van der Waals surface area contributed by atoms with E-state index in [1.54, 1.807) is 34.5 Å². The van der Waals surface area contributed by atoms with E-state index in [-0.39, 0.29) is 24.0 Å². The molecule has 1 aromatic carbocycles. The van der Waals surface area contributed by atoms with Crippen molar-refractivity contribution >= 4 is 39.8 Å². The molecule has 1 aliphatic rings. The van der Waals surface area contributed by atoms with Gasteiger partial charge in [0.1, 0.15) is 0 Å². The summed E-state index contributed by atoms with van der Waals surface area (Å²) in [6.45, 7) is 5.35. The number of ether oxygens (including phenoxy) is 1. The Morgan fingerprint density at radius 1 is 1.34 bits per heavy atom. The molecule has 2 heterocycles. The zero-order chi connectivity index (χ0) is 20.8. The Balaban J connectivity index is 1.53. The summed E-state index contributed by atoms with van der Waals surface area (Å²) in [5.74, 6) is -0.308. The average Bonchev–Trinajstić information content (AvgIpc) is 3.35. The number of thiazole rings is 1. The molecule has 0 saturated carbocycles. The number of Topliss-reactive ketones (excluding diaryl/α,β-unsaturated/α-hetero) is 1. The minimum atomic E-state index is -0.627. The van der Waals surface area contributed by atoms with Gasteiger partial charge in [0.25, 0.3) is 0 Å². The smallest absolute Gasteiger partial charge is 0.358 e. The predicted octanol–water partition coefficient (Wildman–Crippen LogP) is 3.77. The fourth-order valence-corrected chi connectivity index (χ4v) is 3.68. The highest BCUT2D eigenvalue weighted by Gasteiger charge is 2.22. The van der Waals surface area contributed by atoms with Gasteiger partial charge in [-0.3, -0.25) is 9.59 Å². The molecule has 1 saturated heterocycles. The molecule has 1 amide bonds. The van der Waals surface area contributed by atoms with Crippen molar-refractivity contribution in [3.05, 3.63) is 40.9 Å². The topological polar surface area (TPSA) is 88.6 Å². The predicted molar refractivity (Wildman–Crippen MR) is 113 cm³/mol. The molecule has 8 heteroatoms. The molecule has 2 aromatic rings. The maximum absolute atomic E-state index is 12.4. The standard InChI is InChI=1S/C21H25N3O4S/c1-14(2)8-9-22-21-23-17(13-29-21)20(27)28-12-18(25)15-5-3-6-16(11-15)24-10-4-7-19(24)26/h3,5-6,11,13-14H,4,7-10,12H2,1-2H3,(H,22,23). The lowest BCUT2D eigenvalue weighted by Crippen LogP contribution is -2.24. The maximum atomic E-state index is 12.4. The van der Waals surface area contributed by atoms with Gasteiger partial charge >= 0.3 is 5.97 Å². The Morgan fingerprint density at radius 2 is 2.17 bits per heavy atom. The number of nitrogens with zero attached hydrogens (tertiary/aromatic N) is 2. The molecule has 7 nitrogen and oxygen atoms in total. The molecule has 3 rings (SSSR count). The van der Waals surface area contributed by atoms with Gasteiger partial charge < -0.3 is 15.0 Å². The highest BCUT2D eigenvalue weighted by atomic mass is 32.1. The molecule has 0 unspecified atom stereocenters. The highest BCUT2D eigenvalue weighted by Crippen LogP contribution is 2.22. The van der Waals surface area contributed by atoms with Crippen molar-refractivity contribution in [3.63, 3.8) is 0 Å². The first-order valence-electron chi connectivity index (χ1n) is 9.74. The maximum Gasteiger partial charge on any atom is 0.358 e. The average molecular weight is 416 g/mol. The number of rotatable bonds is 9. The normalized spacial score (nSPS) is 13.8. The van der Waals surface area contributed by atoms with Gasteiger partial charge in [0.05, 0.1) is 0 Å². The van der Waals surface area contributed by atoms with E-state index in [2.05, 4.69) is 24.1 Å². The summed E-state index contributed by atoms with van der Waals surface area (Å²) in [6.07, 6.45) is 2.35. The van der Waals surface area contributed by atoms with Crippen molar-refractivity contribution < 1.29 is 19.1 Å². The van der Waals surface area contributed by atoms with Crippen LogP contribution in [0.15, 0.2) is 29.6 Å². The van der Waals surface area contributed by atoms with E-state index in [1.165, 1.54) is 11.3 Å². The SMILES string of the molecule is CC(C)CCNc1nc(C(=O)OCC(=O)c2cccc(N3CCCC3=O)c2)cs1. The van der Waals surface area contributed by atoms with Crippen LogP contribution in [0.3, 0.4) is 0 Å². The third kappa shape index (κ3) is 5.63. The summed E-state index contributed by atoms with van der Waals surface area (Å²) >= 11 is 1.33. The molecule has 0 atom stereocenters. The number of aromatic nitrogens is 1. The number of esters is 1. The van der Waals surface area contributed by atoms with Crippen molar-refractivity contribution in [3.8, 4) is 0 Å². The molecule has 154 valence electrons. The molecule has 0 radical (unpaired) electrons. The van der Waals surface area contributed by atoms with Gasteiger partial charge in [0, 0.05) is 36.1 Å².